The van der Waals surface area contributed by atoms with Gasteiger partial charge in [-0.25, -0.2) is 0 Å². The summed E-state index contributed by atoms with van der Waals surface area (Å²) in [5, 5.41) is 0. The minimum absolute atomic E-state index is 0.177. The monoisotopic (exact) mass is 207 g/mol. The van der Waals surface area contributed by atoms with E-state index in [-0.39, 0.29) is 16.7 Å². The van der Waals surface area contributed by atoms with Gasteiger partial charge < -0.3 is 0 Å². The zero-order valence-corrected chi connectivity index (χ0v) is 9.43. The molecule has 0 fully saturated rings. The van der Waals surface area contributed by atoms with E-state index in [0.717, 1.165) is 11.1 Å². The summed E-state index contributed by atoms with van der Waals surface area (Å²) in [5.41, 5.74) is 1.85. The van der Waals surface area contributed by atoms with Crippen LogP contribution >= 0.6 is 0 Å². The predicted molar refractivity (Wildman–Crippen MR) is 64.9 cm³/mol. The lowest BCUT2D eigenvalue weighted by Crippen LogP contribution is -2.13. The van der Waals surface area contributed by atoms with E-state index in [1.54, 1.807) is 6.08 Å². The SMILES string of the molecule is C=Cc1ccc(C(=O)C[S+](C)C)cc1. The lowest BCUT2D eigenvalue weighted by molar-refractivity contribution is 0.102. The van der Waals surface area contributed by atoms with Crippen LogP contribution in [0.4, 0.5) is 0 Å². The second kappa shape index (κ2) is 5.01. The molecule has 0 spiro atoms. The Balaban J connectivity index is 2.76. The molecule has 74 valence electrons. The van der Waals surface area contributed by atoms with Crippen molar-refractivity contribution in [1.82, 2.24) is 0 Å². The van der Waals surface area contributed by atoms with E-state index in [0.29, 0.717) is 5.75 Å². The number of carbonyl (C=O) groups excluding carboxylic acids is 1. The Hall–Kier alpha value is -1.02. The van der Waals surface area contributed by atoms with Crippen molar-refractivity contribution >= 4 is 22.8 Å². The second-order valence-corrected chi connectivity index (χ2v) is 5.64. The van der Waals surface area contributed by atoms with Crippen LogP contribution in [0.5, 0.6) is 0 Å². The van der Waals surface area contributed by atoms with Crippen molar-refractivity contribution in [1.29, 1.82) is 0 Å². The van der Waals surface area contributed by atoms with Gasteiger partial charge in [-0.15, -0.1) is 0 Å². The van der Waals surface area contributed by atoms with Crippen LogP contribution in [0.2, 0.25) is 0 Å². The molecule has 14 heavy (non-hydrogen) atoms. The first-order valence-corrected chi connectivity index (χ1v) is 6.64. The van der Waals surface area contributed by atoms with Gasteiger partial charge in [0.2, 0.25) is 5.78 Å². The first kappa shape index (κ1) is 11.1. The summed E-state index contributed by atoms with van der Waals surface area (Å²) < 4.78 is 0. The molecule has 0 radical (unpaired) electrons. The summed E-state index contributed by atoms with van der Waals surface area (Å²) in [6.45, 7) is 3.67. The summed E-state index contributed by atoms with van der Waals surface area (Å²) in [4.78, 5) is 11.6. The molecule has 1 aromatic rings. The first-order valence-electron chi connectivity index (χ1n) is 4.43. The molecule has 0 aliphatic heterocycles. The Bertz CT molecular complexity index is 325. The topological polar surface area (TPSA) is 17.1 Å². The normalized spacial score (nSPS) is 10.2. The minimum atomic E-state index is 0.177. The van der Waals surface area contributed by atoms with Gasteiger partial charge in [-0.2, -0.15) is 0 Å². The zero-order valence-electron chi connectivity index (χ0n) is 8.62. The Kier molecular flexibility index (Phi) is 3.96. The van der Waals surface area contributed by atoms with Crippen LogP contribution in [0.1, 0.15) is 15.9 Å². The van der Waals surface area contributed by atoms with Gasteiger partial charge >= 0.3 is 0 Å². The van der Waals surface area contributed by atoms with Crippen molar-refractivity contribution in [3.63, 3.8) is 0 Å². The molecular weight excluding hydrogens is 192 g/mol. The van der Waals surface area contributed by atoms with Gasteiger partial charge in [0.05, 0.1) is 12.5 Å². The van der Waals surface area contributed by atoms with Gasteiger partial charge in [-0.05, 0) is 16.5 Å². The quantitative estimate of drug-likeness (QED) is 0.547. The molecule has 0 unspecified atom stereocenters. The number of rotatable bonds is 4. The summed E-state index contributed by atoms with van der Waals surface area (Å²) >= 11 is 0. The van der Waals surface area contributed by atoms with E-state index >= 15 is 0 Å². The van der Waals surface area contributed by atoms with Crippen molar-refractivity contribution in [2.45, 2.75) is 0 Å². The van der Waals surface area contributed by atoms with Crippen LogP contribution in [0, 0.1) is 0 Å². The predicted octanol–water partition coefficient (Wildman–Crippen LogP) is 2.39. The van der Waals surface area contributed by atoms with Crippen molar-refractivity contribution in [3.05, 3.63) is 42.0 Å². The Morgan fingerprint density at radius 3 is 2.36 bits per heavy atom. The molecule has 1 nitrogen and oxygen atoms in total. The highest BCUT2D eigenvalue weighted by Gasteiger charge is 2.13. The van der Waals surface area contributed by atoms with Gasteiger partial charge in [0.25, 0.3) is 0 Å². The average molecular weight is 207 g/mol. The molecule has 0 saturated carbocycles. The molecule has 0 saturated heterocycles. The van der Waals surface area contributed by atoms with Gasteiger partial charge in [0.1, 0.15) is 0 Å². The van der Waals surface area contributed by atoms with E-state index in [1.165, 1.54) is 0 Å². The first-order chi connectivity index (χ1) is 6.63. The van der Waals surface area contributed by atoms with Crippen molar-refractivity contribution in [3.8, 4) is 0 Å². The van der Waals surface area contributed by atoms with Gasteiger partial charge in [-0.1, -0.05) is 36.9 Å². The molecule has 0 aromatic heterocycles. The fourth-order valence-electron chi connectivity index (χ4n) is 1.15. The van der Waals surface area contributed by atoms with Gasteiger partial charge in [0.15, 0.2) is 5.75 Å². The third kappa shape index (κ3) is 3.04. The Morgan fingerprint density at radius 1 is 1.36 bits per heavy atom. The molecule has 0 atom stereocenters. The Morgan fingerprint density at radius 2 is 1.93 bits per heavy atom. The van der Waals surface area contributed by atoms with Gasteiger partial charge in [0, 0.05) is 5.56 Å². The molecule has 2 heteroatoms. The van der Waals surface area contributed by atoms with Crippen molar-refractivity contribution < 1.29 is 4.79 Å². The number of hydrogen-bond donors (Lipinski definition) is 0. The van der Waals surface area contributed by atoms with Crippen LogP contribution < -0.4 is 0 Å². The largest absolute Gasteiger partial charge is 0.289 e. The molecule has 0 aliphatic rings. The van der Waals surface area contributed by atoms with Crippen LogP contribution in [-0.2, 0) is 10.9 Å². The standard InChI is InChI=1S/C12H15OS/c1-4-10-5-7-11(8-6-10)12(13)9-14(2)3/h4-8H,1,9H2,2-3H3/q+1. The Labute approximate surface area is 88.2 Å². The van der Waals surface area contributed by atoms with E-state index in [4.69, 9.17) is 0 Å². The maximum Gasteiger partial charge on any atom is 0.211 e. The third-order valence-corrected chi connectivity index (χ3v) is 2.73. The van der Waals surface area contributed by atoms with Gasteiger partial charge in [-0.3, -0.25) is 4.79 Å². The highest BCUT2D eigenvalue weighted by Crippen LogP contribution is 2.07. The fourth-order valence-corrected chi connectivity index (χ4v) is 1.84. The van der Waals surface area contributed by atoms with E-state index in [2.05, 4.69) is 19.1 Å². The number of benzene rings is 1. The molecule has 0 heterocycles. The lowest BCUT2D eigenvalue weighted by atomic mass is 10.1. The summed E-state index contributed by atoms with van der Waals surface area (Å²) in [5.74, 6) is 0.877. The highest BCUT2D eigenvalue weighted by molar-refractivity contribution is 7.96. The molecule has 0 aliphatic carbocycles. The molecular formula is C12H15OS+. The van der Waals surface area contributed by atoms with Crippen LogP contribution in [0.15, 0.2) is 30.8 Å². The van der Waals surface area contributed by atoms with Crippen molar-refractivity contribution in [2.24, 2.45) is 0 Å². The second-order valence-electron chi connectivity index (χ2n) is 3.38. The van der Waals surface area contributed by atoms with Crippen molar-refractivity contribution in [2.75, 3.05) is 18.3 Å². The number of ketones is 1. The molecule has 0 bridgehead atoms. The number of Topliss-reactive ketones (excluding diaryl/α,β-unsaturated/α-hetero) is 1. The number of hydrogen-bond acceptors (Lipinski definition) is 1. The maximum absolute atomic E-state index is 11.6. The molecule has 0 N–H and O–H groups in total. The highest BCUT2D eigenvalue weighted by atomic mass is 32.2. The average Bonchev–Trinajstić information content (AvgIpc) is 2.17. The molecule has 0 amide bonds. The zero-order chi connectivity index (χ0) is 10.6. The number of carbonyl (C=O) groups is 1. The minimum Gasteiger partial charge on any atom is -0.289 e. The van der Waals surface area contributed by atoms with E-state index in [1.807, 2.05) is 24.3 Å². The third-order valence-electron chi connectivity index (χ3n) is 1.89. The lowest BCUT2D eigenvalue weighted by Gasteiger charge is -1.99. The molecule has 1 rings (SSSR count). The van der Waals surface area contributed by atoms with Crippen LogP contribution in [-0.4, -0.2) is 24.0 Å². The van der Waals surface area contributed by atoms with E-state index < -0.39 is 0 Å². The van der Waals surface area contributed by atoms with E-state index in [9.17, 15) is 4.79 Å². The summed E-state index contributed by atoms with van der Waals surface area (Å²) in [7, 11) is 0.177. The smallest absolute Gasteiger partial charge is 0.211 e. The summed E-state index contributed by atoms with van der Waals surface area (Å²) in [6, 6.07) is 7.58. The molecule has 1 aromatic carbocycles. The van der Waals surface area contributed by atoms with Crippen LogP contribution in [0.25, 0.3) is 6.08 Å². The maximum atomic E-state index is 11.6. The fraction of sp³-hybridized carbons (Fsp3) is 0.250. The van der Waals surface area contributed by atoms with Crippen LogP contribution in [0.3, 0.4) is 0 Å². The summed E-state index contributed by atoms with van der Waals surface area (Å²) in [6.07, 6.45) is 5.93.